The predicted octanol–water partition coefficient (Wildman–Crippen LogP) is 2.31. The van der Waals surface area contributed by atoms with E-state index in [-0.39, 0.29) is 17.9 Å². The number of methoxy groups -OCH3 is 1. The van der Waals surface area contributed by atoms with Gasteiger partial charge >= 0.3 is 5.97 Å². The molecule has 0 aromatic heterocycles. The van der Waals surface area contributed by atoms with Crippen LogP contribution in [0.5, 0.6) is 5.75 Å². The molecule has 1 saturated heterocycles. The number of nitrogens with zero attached hydrogens (tertiary/aromatic N) is 1. The molecular formula is C17H17NO4. The molecule has 114 valence electrons. The summed E-state index contributed by atoms with van der Waals surface area (Å²) in [4.78, 5) is 17.7. The van der Waals surface area contributed by atoms with Crippen LogP contribution in [0.2, 0.25) is 0 Å². The van der Waals surface area contributed by atoms with Crippen molar-refractivity contribution in [3.05, 3.63) is 42.0 Å². The quantitative estimate of drug-likeness (QED) is 0.756. The van der Waals surface area contributed by atoms with Crippen LogP contribution in [0.4, 0.5) is 0 Å². The van der Waals surface area contributed by atoms with Crippen molar-refractivity contribution in [2.45, 2.75) is 12.1 Å². The number of hydrogen-bond donors (Lipinski definition) is 0. The maximum absolute atomic E-state index is 12.0. The Bertz CT molecular complexity index is 745. The van der Waals surface area contributed by atoms with Gasteiger partial charge in [0.05, 0.1) is 25.7 Å². The Kier molecular flexibility index (Phi) is 3.06. The van der Waals surface area contributed by atoms with E-state index in [1.54, 1.807) is 5.06 Å². The smallest absolute Gasteiger partial charge is 0.337 e. The molecule has 0 radical (unpaired) electrons. The van der Waals surface area contributed by atoms with Gasteiger partial charge in [0.1, 0.15) is 5.75 Å². The van der Waals surface area contributed by atoms with Gasteiger partial charge < -0.3 is 9.47 Å². The summed E-state index contributed by atoms with van der Waals surface area (Å²) in [5.41, 5.74) is 1.09. The molecule has 0 bridgehead atoms. The third kappa shape index (κ3) is 1.82. The number of rotatable bonds is 1. The highest BCUT2D eigenvalue weighted by molar-refractivity contribution is 5.89. The number of hydrogen-bond acceptors (Lipinski definition) is 5. The van der Waals surface area contributed by atoms with Crippen molar-refractivity contribution in [1.29, 1.82) is 0 Å². The van der Waals surface area contributed by atoms with Gasteiger partial charge in [0.25, 0.3) is 0 Å². The third-order valence-corrected chi connectivity index (χ3v) is 4.56. The van der Waals surface area contributed by atoms with Crippen molar-refractivity contribution >= 4 is 16.7 Å². The molecule has 5 nitrogen and oxygen atoms in total. The van der Waals surface area contributed by atoms with Crippen LogP contribution in [0.25, 0.3) is 10.8 Å². The molecule has 3 atom stereocenters. The van der Waals surface area contributed by atoms with E-state index < -0.39 is 6.10 Å². The Morgan fingerprint density at radius 2 is 2.09 bits per heavy atom. The predicted molar refractivity (Wildman–Crippen MR) is 80.3 cm³/mol. The van der Waals surface area contributed by atoms with Gasteiger partial charge in [-0.2, -0.15) is 5.06 Å². The number of fused-ring (bicyclic) bond motifs is 5. The SMILES string of the molecule is COC(=O)[C@@H]1ON(C)[C@H]2c3c(ccc4ccccc34)OC[C@@H]12. The van der Waals surface area contributed by atoms with Crippen molar-refractivity contribution in [1.82, 2.24) is 5.06 Å². The summed E-state index contributed by atoms with van der Waals surface area (Å²) in [5, 5.41) is 4.05. The van der Waals surface area contributed by atoms with E-state index in [0.717, 1.165) is 22.1 Å². The Balaban J connectivity index is 1.87. The molecule has 2 aliphatic heterocycles. The van der Waals surface area contributed by atoms with E-state index in [0.29, 0.717) is 6.61 Å². The molecule has 0 amide bonds. The van der Waals surface area contributed by atoms with Crippen LogP contribution in [0, 0.1) is 5.92 Å². The first-order valence-electron chi connectivity index (χ1n) is 7.32. The van der Waals surface area contributed by atoms with Crippen LogP contribution in [0.1, 0.15) is 11.6 Å². The first-order chi connectivity index (χ1) is 10.7. The van der Waals surface area contributed by atoms with Gasteiger partial charge in [-0.25, -0.2) is 4.79 Å². The van der Waals surface area contributed by atoms with Gasteiger partial charge in [0, 0.05) is 12.6 Å². The third-order valence-electron chi connectivity index (χ3n) is 4.56. The minimum absolute atomic E-state index is 0.0149. The van der Waals surface area contributed by atoms with E-state index >= 15 is 0 Å². The second-order valence-electron chi connectivity index (χ2n) is 5.71. The zero-order valence-corrected chi connectivity index (χ0v) is 12.5. The summed E-state index contributed by atoms with van der Waals surface area (Å²) in [7, 11) is 3.24. The molecule has 0 aliphatic carbocycles. The summed E-state index contributed by atoms with van der Waals surface area (Å²) in [5.74, 6) is 0.434. The molecule has 22 heavy (non-hydrogen) atoms. The first-order valence-corrected chi connectivity index (χ1v) is 7.32. The summed E-state index contributed by atoms with van der Waals surface area (Å²) >= 11 is 0. The van der Waals surface area contributed by atoms with E-state index in [4.69, 9.17) is 14.3 Å². The molecule has 2 aromatic rings. The molecule has 0 N–H and O–H groups in total. The van der Waals surface area contributed by atoms with E-state index in [1.165, 1.54) is 7.11 Å². The number of carbonyl (C=O) groups excluding carboxylic acids is 1. The summed E-state index contributed by atoms with van der Waals surface area (Å²) in [6.45, 7) is 0.445. The minimum atomic E-state index is -0.618. The zero-order valence-electron chi connectivity index (χ0n) is 12.5. The lowest BCUT2D eigenvalue weighted by Crippen LogP contribution is -2.35. The molecule has 0 saturated carbocycles. The van der Waals surface area contributed by atoms with Crippen LogP contribution in [0.3, 0.4) is 0 Å². The van der Waals surface area contributed by atoms with Crippen LogP contribution in [-0.2, 0) is 14.4 Å². The molecule has 2 aromatic carbocycles. The van der Waals surface area contributed by atoms with Gasteiger partial charge in [-0.3, -0.25) is 4.84 Å². The second kappa shape index (κ2) is 4.97. The summed E-state index contributed by atoms with van der Waals surface area (Å²) in [6.07, 6.45) is -0.618. The molecular weight excluding hydrogens is 282 g/mol. The van der Waals surface area contributed by atoms with Crippen molar-refractivity contribution in [2.75, 3.05) is 20.8 Å². The largest absolute Gasteiger partial charge is 0.493 e. The van der Waals surface area contributed by atoms with Gasteiger partial charge in [0.15, 0.2) is 6.10 Å². The molecule has 0 spiro atoms. The molecule has 5 heteroatoms. The van der Waals surface area contributed by atoms with Crippen molar-refractivity contribution in [3.63, 3.8) is 0 Å². The van der Waals surface area contributed by atoms with E-state index in [2.05, 4.69) is 18.2 Å². The number of benzene rings is 2. The number of hydroxylamine groups is 2. The highest BCUT2D eigenvalue weighted by atomic mass is 16.7. The first kappa shape index (κ1) is 13.5. The number of esters is 1. The summed E-state index contributed by atoms with van der Waals surface area (Å²) < 4.78 is 10.8. The van der Waals surface area contributed by atoms with Crippen LogP contribution < -0.4 is 4.74 Å². The van der Waals surface area contributed by atoms with Gasteiger partial charge in [0.2, 0.25) is 0 Å². The van der Waals surface area contributed by atoms with Crippen molar-refractivity contribution < 1.29 is 19.1 Å². The average Bonchev–Trinajstić information content (AvgIpc) is 2.91. The Hall–Kier alpha value is -2.11. The van der Waals surface area contributed by atoms with E-state index in [1.807, 2.05) is 25.2 Å². The number of ether oxygens (including phenoxy) is 2. The topological polar surface area (TPSA) is 48.0 Å². The molecule has 1 fully saturated rings. The van der Waals surface area contributed by atoms with Crippen LogP contribution >= 0.6 is 0 Å². The lowest BCUT2D eigenvalue weighted by atomic mass is 9.85. The Labute approximate surface area is 128 Å². The molecule has 4 rings (SSSR count). The average molecular weight is 299 g/mol. The van der Waals surface area contributed by atoms with Crippen molar-refractivity contribution in [2.24, 2.45) is 5.92 Å². The monoisotopic (exact) mass is 299 g/mol. The fraction of sp³-hybridized carbons (Fsp3) is 0.353. The van der Waals surface area contributed by atoms with Crippen molar-refractivity contribution in [3.8, 4) is 5.75 Å². The Morgan fingerprint density at radius 1 is 1.27 bits per heavy atom. The van der Waals surface area contributed by atoms with Gasteiger partial charge in [-0.05, 0) is 16.8 Å². The van der Waals surface area contributed by atoms with Crippen LogP contribution in [0.15, 0.2) is 36.4 Å². The second-order valence-corrected chi connectivity index (χ2v) is 5.71. The summed E-state index contributed by atoms with van der Waals surface area (Å²) in [6, 6.07) is 12.2. The lowest BCUT2D eigenvalue weighted by molar-refractivity contribution is -0.180. The van der Waals surface area contributed by atoms with Crippen LogP contribution in [-0.4, -0.2) is 37.9 Å². The molecule has 2 aliphatic rings. The Morgan fingerprint density at radius 3 is 2.91 bits per heavy atom. The van der Waals surface area contributed by atoms with Gasteiger partial charge in [-0.1, -0.05) is 30.3 Å². The maximum Gasteiger partial charge on any atom is 0.337 e. The maximum atomic E-state index is 12.0. The standard InChI is InChI=1S/C17H17NO4/c1-18-15-12(16(22-18)17(19)20-2)9-21-13-8-7-10-5-3-4-6-11(10)14(13)15/h3-8,12,15-16H,9H2,1-2H3/t12-,15-,16-/m1/s1. The van der Waals surface area contributed by atoms with Gasteiger partial charge in [-0.15, -0.1) is 0 Å². The number of carbonyl (C=O) groups is 1. The molecule has 2 heterocycles. The fourth-order valence-corrected chi connectivity index (χ4v) is 3.56. The lowest BCUT2D eigenvalue weighted by Gasteiger charge is -2.31. The zero-order chi connectivity index (χ0) is 15.3. The molecule has 0 unspecified atom stereocenters. The highest BCUT2D eigenvalue weighted by Crippen LogP contribution is 2.48. The van der Waals surface area contributed by atoms with E-state index in [9.17, 15) is 4.79 Å². The normalized spacial score (nSPS) is 27.1. The minimum Gasteiger partial charge on any atom is -0.493 e. The highest BCUT2D eigenvalue weighted by Gasteiger charge is 2.50. The fourth-order valence-electron chi connectivity index (χ4n) is 3.56.